The molecular weight excluding hydrogens is 416 g/mol. The Morgan fingerprint density at radius 3 is 2.55 bits per heavy atom. The van der Waals surface area contributed by atoms with Crippen LogP contribution in [0.2, 0.25) is 0 Å². The quantitative estimate of drug-likeness (QED) is 0.685. The zero-order chi connectivity index (χ0) is 22.8. The number of amides is 2. The fraction of sp³-hybridized carbons (Fsp3) is 0.259. The highest BCUT2D eigenvalue weighted by molar-refractivity contribution is 5.87. The van der Waals surface area contributed by atoms with Crippen LogP contribution < -0.4 is 10.1 Å². The van der Waals surface area contributed by atoms with Crippen LogP contribution >= 0.6 is 0 Å². The number of hydrogen-bond donors (Lipinski definition) is 1. The normalized spacial score (nSPS) is 20.8. The molecule has 33 heavy (non-hydrogen) atoms. The average molecular weight is 443 g/mol. The maximum absolute atomic E-state index is 11.7. The van der Waals surface area contributed by atoms with Crippen LogP contribution in [0.1, 0.15) is 30.9 Å². The van der Waals surface area contributed by atoms with E-state index < -0.39 is 0 Å². The summed E-state index contributed by atoms with van der Waals surface area (Å²) in [6.07, 6.45) is 8.11. The van der Waals surface area contributed by atoms with E-state index >= 15 is 0 Å². The number of carbonyl (C=O) groups excluding carboxylic acids is 2. The number of benzene rings is 2. The molecule has 2 amide bonds. The van der Waals surface area contributed by atoms with E-state index in [-0.39, 0.29) is 18.0 Å². The van der Waals surface area contributed by atoms with Crippen molar-refractivity contribution < 1.29 is 19.1 Å². The van der Waals surface area contributed by atoms with Gasteiger partial charge in [-0.15, -0.1) is 0 Å². The molecule has 0 radical (unpaired) electrons. The van der Waals surface area contributed by atoms with Gasteiger partial charge in [-0.1, -0.05) is 42.5 Å². The van der Waals surface area contributed by atoms with Crippen LogP contribution in [0.4, 0.5) is 4.79 Å². The van der Waals surface area contributed by atoms with E-state index in [1.165, 1.54) is 5.57 Å². The van der Waals surface area contributed by atoms with E-state index in [9.17, 15) is 9.59 Å². The number of nitrogens with one attached hydrogen (secondary N) is 1. The number of fused-ring (bicyclic) bond motifs is 1. The van der Waals surface area contributed by atoms with Crippen molar-refractivity contribution in [1.29, 1.82) is 0 Å². The molecule has 2 aromatic carbocycles. The van der Waals surface area contributed by atoms with Crippen LogP contribution in [-0.2, 0) is 16.0 Å². The van der Waals surface area contributed by atoms with Crippen LogP contribution in [0.5, 0.6) is 11.5 Å². The largest absolute Gasteiger partial charge is 0.457 e. The van der Waals surface area contributed by atoms with Gasteiger partial charge in [0.2, 0.25) is 5.91 Å². The molecule has 2 saturated heterocycles. The highest BCUT2D eigenvalue weighted by Gasteiger charge is 2.31. The van der Waals surface area contributed by atoms with Crippen LogP contribution in [-0.4, -0.2) is 36.1 Å². The number of cyclic esters (lactones) is 1. The summed E-state index contributed by atoms with van der Waals surface area (Å²) in [6.45, 7) is 3.06. The highest BCUT2D eigenvalue weighted by atomic mass is 16.6. The Balaban J connectivity index is 1.19. The summed E-state index contributed by atoms with van der Waals surface area (Å²) in [4.78, 5) is 25.0. The molecular formula is C27H26N2O4. The first-order valence-electron chi connectivity index (χ1n) is 11.3. The fourth-order valence-electron chi connectivity index (χ4n) is 4.45. The molecule has 2 heterocycles. The number of hydrogen-bond acceptors (Lipinski definition) is 4. The minimum absolute atomic E-state index is 0.0638. The van der Waals surface area contributed by atoms with Crippen molar-refractivity contribution in [3.05, 3.63) is 88.7 Å². The molecule has 1 N–H and O–H groups in total. The zero-order valence-corrected chi connectivity index (χ0v) is 18.5. The second kappa shape index (κ2) is 8.98. The molecule has 0 saturated carbocycles. The predicted molar refractivity (Wildman–Crippen MR) is 126 cm³/mol. The molecule has 3 aliphatic rings. The van der Waals surface area contributed by atoms with Gasteiger partial charge in [0.15, 0.2) is 0 Å². The number of ether oxygens (including phenoxy) is 2. The minimum atomic E-state index is -0.228. The van der Waals surface area contributed by atoms with E-state index in [2.05, 4.69) is 23.5 Å². The predicted octanol–water partition coefficient (Wildman–Crippen LogP) is 4.98. The molecule has 0 aromatic heterocycles. The molecule has 0 bridgehead atoms. The van der Waals surface area contributed by atoms with Gasteiger partial charge in [0, 0.05) is 12.2 Å². The van der Waals surface area contributed by atoms with Crippen LogP contribution in [0, 0.1) is 0 Å². The molecule has 0 spiro atoms. The molecule has 6 nitrogen and oxygen atoms in total. The maximum atomic E-state index is 11.7. The Hall–Kier alpha value is -3.80. The van der Waals surface area contributed by atoms with E-state index in [1.54, 1.807) is 4.90 Å². The Kier molecular flexibility index (Phi) is 5.73. The fourth-order valence-corrected chi connectivity index (χ4v) is 4.45. The van der Waals surface area contributed by atoms with Gasteiger partial charge in [-0.2, -0.15) is 0 Å². The molecule has 2 aliphatic heterocycles. The van der Waals surface area contributed by atoms with Gasteiger partial charge < -0.3 is 19.7 Å². The first-order valence-corrected chi connectivity index (χ1v) is 11.3. The molecule has 1 unspecified atom stereocenters. The van der Waals surface area contributed by atoms with Crippen LogP contribution in [0.3, 0.4) is 0 Å². The number of likely N-dealkylation sites (N-methyl/N-ethyl adjacent to an activating group) is 1. The first-order chi connectivity index (χ1) is 16.1. The molecule has 2 aromatic rings. The van der Waals surface area contributed by atoms with E-state index in [0.29, 0.717) is 19.6 Å². The van der Waals surface area contributed by atoms with Gasteiger partial charge in [-0.05, 0) is 66.3 Å². The van der Waals surface area contributed by atoms with Crippen molar-refractivity contribution in [3.63, 3.8) is 0 Å². The Labute approximate surface area is 193 Å². The molecule has 1 aliphatic carbocycles. The summed E-state index contributed by atoms with van der Waals surface area (Å²) >= 11 is 0. The van der Waals surface area contributed by atoms with Gasteiger partial charge in [-0.3, -0.25) is 4.79 Å². The zero-order valence-electron chi connectivity index (χ0n) is 18.5. The van der Waals surface area contributed by atoms with Crippen molar-refractivity contribution >= 4 is 18.1 Å². The van der Waals surface area contributed by atoms with E-state index in [0.717, 1.165) is 46.7 Å². The van der Waals surface area contributed by atoms with Crippen LogP contribution in [0.15, 0.2) is 77.5 Å². The SMILES string of the molecule is CCN1C(=O)OCC1Cc1ccc(Oc2ccc(/C=C3/C=C4CC(=O)NC4=CC3)cc2)cc1. The lowest BCUT2D eigenvalue weighted by Gasteiger charge is -2.19. The molecule has 2 fully saturated rings. The minimum Gasteiger partial charge on any atom is -0.457 e. The average Bonchev–Trinajstić information content (AvgIpc) is 3.36. The van der Waals surface area contributed by atoms with Crippen molar-refractivity contribution in [2.45, 2.75) is 32.2 Å². The van der Waals surface area contributed by atoms with Gasteiger partial charge in [0.1, 0.15) is 18.1 Å². The third-order valence-electron chi connectivity index (χ3n) is 6.15. The lowest BCUT2D eigenvalue weighted by molar-refractivity contribution is -0.118. The smallest absolute Gasteiger partial charge is 0.410 e. The van der Waals surface area contributed by atoms with Gasteiger partial charge in [0.25, 0.3) is 0 Å². The lowest BCUT2D eigenvalue weighted by atomic mass is 9.97. The monoisotopic (exact) mass is 442 g/mol. The summed E-state index contributed by atoms with van der Waals surface area (Å²) in [7, 11) is 0. The molecule has 1 atom stereocenters. The maximum Gasteiger partial charge on any atom is 0.410 e. The third-order valence-corrected chi connectivity index (χ3v) is 6.15. The summed E-state index contributed by atoms with van der Waals surface area (Å²) in [5.41, 5.74) is 5.44. The van der Waals surface area contributed by atoms with Gasteiger partial charge in [-0.25, -0.2) is 4.79 Å². The number of allylic oxidation sites excluding steroid dienone is 4. The Morgan fingerprint density at radius 1 is 1.09 bits per heavy atom. The van der Waals surface area contributed by atoms with Gasteiger partial charge in [0.05, 0.1) is 12.5 Å². The van der Waals surface area contributed by atoms with Crippen molar-refractivity contribution in [3.8, 4) is 11.5 Å². The summed E-state index contributed by atoms with van der Waals surface area (Å²) in [5, 5.41) is 2.89. The Morgan fingerprint density at radius 2 is 1.82 bits per heavy atom. The summed E-state index contributed by atoms with van der Waals surface area (Å²) in [5.74, 6) is 1.60. The summed E-state index contributed by atoms with van der Waals surface area (Å²) in [6, 6.07) is 16.0. The Bertz CT molecular complexity index is 1160. The second-order valence-electron chi connectivity index (χ2n) is 8.47. The topological polar surface area (TPSA) is 67.9 Å². The molecule has 5 rings (SSSR count). The number of nitrogens with zero attached hydrogens (tertiary/aromatic N) is 1. The van der Waals surface area contributed by atoms with Crippen molar-refractivity contribution in [2.75, 3.05) is 13.2 Å². The third kappa shape index (κ3) is 4.70. The van der Waals surface area contributed by atoms with Gasteiger partial charge >= 0.3 is 6.09 Å². The second-order valence-corrected chi connectivity index (χ2v) is 8.47. The first kappa shape index (κ1) is 21.1. The number of rotatable bonds is 6. The highest BCUT2D eigenvalue weighted by Crippen LogP contribution is 2.29. The lowest BCUT2D eigenvalue weighted by Crippen LogP contribution is -2.34. The molecule has 168 valence electrons. The van der Waals surface area contributed by atoms with E-state index in [4.69, 9.17) is 9.47 Å². The van der Waals surface area contributed by atoms with Crippen LogP contribution in [0.25, 0.3) is 6.08 Å². The summed E-state index contributed by atoms with van der Waals surface area (Å²) < 4.78 is 11.2. The number of carbonyl (C=O) groups is 2. The van der Waals surface area contributed by atoms with E-state index in [1.807, 2.05) is 55.5 Å². The molecule has 6 heteroatoms. The van der Waals surface area contributed by atoms with Crippen molar-refractivity contribution in [1.82, 2.24) is 10.2 Å². The standard InChI is InChI=1S/C27H26N2O4/c1-2-29-22(17-32-27(29)31)15-19-5-10-24(11-6-19)33-23-8-3-18(4-9-23)13-20-7-12-25-21(14-20)16-26(30)28-25/h3-6,8-14,22H,2,7,15-17H2,1H3,(H,28,30)/b20-13+. The van der Waals surface area contributed by atoms with Crippen molar-refractivity contribution in [2.24, 2.45) is 0 Å².